The average Bonchev–Trinajstić information content (AvgIpc) is 2.87. The average molecular weight is 554 g/mol. The van der Waals surface area contributed by atoms with Crippen LogP contribution in [0.15, 0.2) is 107 Å². The summed E-state index contributed by atoms with van der Waals surface area (Å²) in [6, 6.07) is 29.3. The fraction of sp³-hybridized carbons (Fsp3) is 0.107. The number of halogens is 1. The Balaban J connectivity index is 1.31. The van der Waals surface area contributed by atoms with Gasteiger partial charge in [0, 0.05) is 26.9 Å². The molecule has 0 aromatic heterocycles. The molecule has 9 heteroatoms. The zero-order chi connectivity index (χ0) is 26.3. The molecule has 0 bridgehead atoms. The van der Waals surface area contributed by atoms with Crippen LogP contribution in [0.5, 0.6) is 5.75 Å². The molecule has 4 aromatic rings. The molecule has 0 unspecified atom stereocenters. The molecule has 0 aliphatic rings. The minimum absolute atomic E-state index is 0.144. The molecule has 0 heterocycles. The number of amides is 1. The maximum Gasteiger partial charge on any atom is 0.356 e. The normalized spacial score (nSPS) is 11.2. The molecule has 0 atom stereocenters. The monoisotopic (exact) mass is 553 g/mol. The van der Waals surface area contributed by atoms with Crippen molar-refractivity contribution < 1.29 is 23.9 Å². The first kappa shape index (κ1) is 27.0. The van der Waals surface area contributed by atoms with Crippen molar-refractivity contribution in [3.8, 4) is 5.75 Å². The summed E-state index contributed by atoms with van der Waals surface area (Å²) >= 11 is 8.07. The Labute approximate surface area is 224 Å². The van der Waals surface area contributed by atoms with Crippen LogP contribution in [-0.4, -0.2) is 15.7 Å². The van der Waals surface area contributed by atoms with Gasteiger partial charge in [-0.3, -0.25) is 9.36 Å². The second kappa shape index (κ2) is 12.5. The van der Waals surface area contributed by atoms with Gasteiger partial charge in [-0.15, -0.1) is 0 Å². The van der Waals surface area contributed by atoms with Gasteiger partial charge in [0.25, 0.3) is 0 Å². The molecule has 6 nitrogen and oxygen atoms in total. The molecule has 37 heavy (non-hydrogen) atoms. The van der Waals surface area contributed by atoms with Crippen LogP contribution in [-0.2, 0) is 22.4 Å². The molecule has 0 aliphatic carbocycles. The number of benzene rings is 4. The molecule has 0 spiro atoms. The zero-order valence-electron chi connectivity index (χ0n) is 19.7. The van der Waals surface area contributed by atoms with Crippen molar-refractivity contribution in [3.63, 3.8) is 0 Å². The Hall–Kier alpha value is -3.06. The lowest BCUT2D eigenvalue weighted by Gasteiger charge is -2.10. The van der Waals surface area contributed by atoms with E-state index in [1.807, 2.05) is 72.8 Å². The SMILES string of the molecule is O=C(CCc1ccc(Sc2cccc(OCc3ccccc3)c2)cc1Cl)Nc1cccc(P(=O)(O)O)c1. The summed E-state index contributed by atoms with van der Waals surface area (Å²) in [7, 11) is -4.39. The van der Waals surface area contributed by atoms with E-state index < -0.39 is 7.60 Å². The van der Waals surface area contributed by atoms with Gasteiger partial charge in [0.15, 0.2) is 0 Å². The van der Waals surface area contributed by atoms with Crippen molar-refractivity contribution >= 4 is 47.9 Å². The third kappa shape index (κ3) is 8.22. The fourth-order valence-corrected chi connectivity index (χ4v) is 5.37. The van der Waals surface area contributed by atoms with Gasteiger partial charge in [0.2, 0.25) is 5.91 Å². The predicted molar refractivity (Wildman–Crippen MR) is 148 cm³/mol. The van der Waals surface area contributed by atoms with Crippen LogP contribution >= 0.6 is 31.0 Å². The highest BCUT2D eigenvalue weighted by molar-refractivity contribution is 7.99. The maximum absolute atomic E-state index is 12.4. The molecular weight excluding hydrogens is 529 g/mol. The van der Waals surface area contributed by atoms with Crippen LogP contribution in [0.4, 0.5) is 5.69 Å². The van der Waals surface area contributed by atoms with Crippen molar-refractivity contribution in [3.05, 3.63) is 113 Å². The zero-order valence-corrected chi connectivity index (χ0v) is 22.2. The largest absolute Gasteiger partial charge is 0.489 e. The summed E-state index contributed by atoms with van der Waals surface area (Å²) in [5.41, 5.74) is 2.27. The summed E-state index contributed by atoms with van der Waals surface area (Å²) < 4.78 is 17.3. The van der Waals surface area contributed by atoms with Gasteiger partial charge in [-0.25, -0.2) is 0 Å². The molecule has 0 radical (unpaired) electrons. The molecule has 190 valence electrons. The van der Waals surface area contributed by atoms with E-state index in [-0.39, 0.29) is 17.6 Å². The van der Waals surface area contributed by atoms with E-state index in [0.29, 0.717) is 23.7 Å². The Morgan fingerprint density at radius 2 is 1.65 bits per heavy atom. The number of nitrogens with one attached hydrogen (secondary N) is 1. The summed E-state index contributed by atoms with van der Waals surface area (Å²) in [5.74, 6) is 0.513. The molecule has 4 aromatic carbocycles. The first-order valence-electron chi connectivity index (χ1n) is 11.5. The highest BCUT2D eigenvalue weighted by Crippen LogP contribution is 2.34. The molecule has 1 amide bonds. The number of ether oxygens (including phenoxy) is 1. The third-order valence-corrected chi connectivity index (χ3v) is 7.68. The minimum atomic E-state index is -4.39. The van der Waals surface area contributed by atoms with Crippen LogP contribution in [0, 0.1) is 0 Å². The standard InChI is InChI=1S/C28H25ClNO5PS/c29-27-18-26(37-25-11-5-9-23(17-25)35-19-20-6-2-1-3-7-20)14-12-21(27)13-15-28(31)30-22-8-4-10-24(16-22)36(32,33)34/h1-12,14,16-18H,13,15,19H2,(H,30,31)(H2,32,33,34). The van der Waals surface area contributed by atoms with Crippen molar-refractivity contribution in [2.45, 2.75) is 29.2 Å². The summed E-state index contributed by atoms with van der Waals surface area (Å²) in [5, 5.41) is 3.10. The van der Waals surface area contributed by atoms with E-state index in [0.717, 1.165) is 26.7 Å². The van der Waals surface area contributed by atoms with Crippen LogP contribution in [0.2, 0.25) is 5.02 Å². The number of hydrogen-bond acceptors (Lipinski definition) is 4. The topological polar surface area (TPSA) is 95.9 Å². The van der Waals surface area contributed by atoms with Gasteiger partial charge in [-0.05, 0) is 66.1 Å². The lowest BCUT2D eigenvalue weighted by Crippen LogP contribution is -2.14. The number of aryl methyl sites for hydroxylation is 1. The number of carbonyl (C=O) groups excluding carboxylic acids is 1. The summed E-state index contributed by atoms with van der Waals surface area (Å²) in [4.78, 5) is 33.0. The number of hydrogen-bond donors (Lipinski definition) is 3. The molecule has 0 saturated heterocycles. The van der Waals surface area contributed by atoms with Crippen LogP contribution in [0.3, 0.4) is 0 Å². The Morgan fingerprint density at radius 1 is 0.892 bits per heavy atom. The lowest BCUT2D eigenvalue weighted by molar-refractivity contribution is -0.116. The van der Waals surface area contributed by atoms with E-state index in [9.17, 15) is 19.1 Å². The van der Waals surface area contributed by atoms with Crippen molar-refractivity contribution in [1.82, 2.24) is 0 Å². The lowest BCUT2D eigenvalue weighted by atomic mass is 10.1. The van der Waals surface area contributed by atoms with Gasteiger partial charge >= 0.3 is 7.60 Å². The van der Waals surface area contributed by atoms with E-state index in [1.54, 1.807) is 17.8 Å². The Bertz CT molecular complexity index is 1430. The van der Waals surface area contributed by atoms with Gasteiger partial charge in [-0.1, -0.05) is 71.9 Å². The first-order valence-corrected chi connectivity index (χ1v) is 14.3. The van der Waals surface area contributed by atoms with Crippen molar-refractivity contribution in [1.29, 1.82) is 0 Å². The first-order chi connectivity index (χ1) is 17.8. The molecule has 3 N–H and O–H groups in total. The number of carbonyl (C=O) groups is 1. The van der Waals surface area contributed by atoms with E-state index in [2.05, 4.69) is 5.32 Å². The summed E-state index contributed by atoms with van der Waals surface area (Å²) in [6.45, 7) is 0.498. The second-order valence-corrected chi connectivity index (χ2v) is 11.4. The van der Waals surface area contributed by atoms with Gasteiger partial charge in [0.1, 0.15) is 12.4 Å². The second-order valence-electron chi connectivity index (χ2n) is 8.25. The van der Waals surface area contributed by atoms with Crippen molar-refractivity contribution in [2.24, 2.45) is 0 Å². The number of anilines is 1. The van der Waals surface area contributed by atoms with Gasteiger partial charge in [0.05, 0.1) is 5.30 Å². The van der Waals surface area contributed by atoms with Crippen LogP contribution in [0.1, 0.15) is 17.5 Å². The molecule has 0 fully saturated rings. The predicted octanol–water partition coefficient (Wildman–Crippen LogP) is 6.44. The highest BCUT2D eigenvalue weighted by Gasteiger charge is 2.17. The Morgan fingerprint density at radius 3 is 2.41 bits per heavy atom. The van der Waals surface area contributed by atoms with Crippen LogP contribution < -0.4 is 15.4 Å². The van der Waals surface area contributed by atoms with E-state index in [4.69, 9.17) is 16.3 Å². The molecular formula is C28H25ClNO5PS. The van der Waals surface area contributed by atoms with Crippen LogP contribution in [0.25, 0.3) is 0 Å². The van der Waals surface area contributed by atoms with Gasteiger partial charge < -0.3 is 19.8 Å². The maximum atomic E-state index is 12.4. The quantitative estimate of drug-likeness (QED) is 0.195. The molecule has 4 rings (SSSR count). The molecule has 0 aliphatic heterocycles. The van der Waals surface area contributed by atoms with E-state index >= 15 is 0 Å². The van der Waals surface area contributed by atoms with E-state index in [1.165, 1.54) is 18.2 Å². The van der Waals surface area contributed by atoms with Gasteiger partial charge in [-0.2, -0.15) is 0 Å². The minimum Gasteiger partial charge on any atom is -0.489 e. The third-order valence-electron chi connectivity index (χ3n) is 5.40. The fourth-order valence-electron chi connectivity index (χ4n) is 3.54. The summed E-state index contributed by atoms with van der Waals surface area (Å²) in [6.07, 6.45) is 0.601. The van der Waals surface area contributed by atoms with Crippen molar-refractivity contribution in [2.75, 3.05) is 5.32 Å². The number of rotatable bonds is 10. The molecule has 0 saturated carbocycles. The smallest absolute Gasteiger partial charge is 0.356 e. The highest BCUT2D eigenvalue weighted by atomic mass is 35.5. The Kier molecular flexibility index (Phi) is 9.09.